The maximum absolute atomic E-state index is 12.2. The summed E-state index contributed by atoms with van der Waals surface area (Å²) >= 11 is 0. The van der Waals surface area contributed by atoms with E-state index in [1.54, 1.807) is 12.1 Å². The van der Waals surface area contributed by atoms with E-state index in [4.69, 9.17) is 4.74 Å². The maximum atomic E-state index is 12.2. The van der Waals surface area contributed by atoms with E-state index in [0.717, 1.165) is 0 Å². The number of methoxy groups -OCH3 is 1. The number of hydrogen-bond acceptors (Lipinski definition) is 6. The van der Waals surface area contributed by atoms with Crippen LogP contribution in [0.25, 0.3) is 0 Å². The van der Waals surface area contributed by atoms with E-state index in [2.05, 4.69) is 14.8 Å². The molecule has 0 fully saturated rings. The molecule has 0 unspecified atom stereocenters. The molecule has 0 saturated heterocycles. The Kier molecular flexibility index (Phi) is 6.91. The normalized spacial score (nSPS) is 10.9. The van der Waals surface area contributed by atoms with Gasteiger partial charge in [0, 0.05) is 5.69 Å². The molecule has 0 aromatic heterocycles. The average Bonchev–Trinajstić information content (AvgIpc) is 2.67. The minimum absolute atomic E-state index is 0.0199. The van der Waals surface area contributed by atoms with E-state index in [1.165, 1.54) is 43.5 Å². The second-order valence-electron chi connectivity index (χ2n) is 5.35. The molecular formula is C18H20N2O6S. The molecule has 0 aliphatic rings. The fourth-order valence-electron chi connectivity index (χ4n) is 2.17. The third-order valence-electron chi connectivity index (χ3n) is 3.44. The number of hydrogen-bond donors (Lipinski definition) is 2. The van der Waals surface area contributed by atoms with Gasteiger partial charge in [0.05, 0.1) is 30.7 Å². The van der Waals surface area contributed by atoms with E-state index in [1.807, 2.05) is 6.92 Å². The van der Waals surface area contributed by atoms with Gasteiger partial charge in [-0.1, -0.05) is 6.07 Å². The Labute approximate surface area is 157 Å². The fraction of sp³-hybridized carbons (Fsp3) is 0.222. The lowest BCUT2D eigenvalue weighted by molar-refractivity contribution is -0.115. The zero-order valence-electron chi connectivity index (χ0n) is 14.9. The van der Waals surface area contributed by atoms with Crippen molar-refractivity contribution in [2.75, 3.05) is 25.6 Å². The van der Waals surface area contributed by atoms with Crippen molar-refractivity contribution in [2.24, 2.45) is 0 Å². The Hall–Kier alpha value is -2.91. The van der Waals surface area contributed by atoms with Crippen LogP contribution < -0.4 is 14.8 Å². The van der Waals surface area contributed by atoms with Crippen molar-refractivity contribution in [2.45, 2.75) is 11.8 Å². The first-order chi connectivity index (χ1) is 12.9. The summed E-state index contributed by atoms with van der Waals surface area (Å²) in [6, 6.07) is 12.0. The number of nitrogens with one attached hydrogen (secondary N) is 2. The van der Waals surface area contributed by atoms with Crippen LogP contribution in [0.4, 0.5) is 5.69 Å². The van der Waals surface area contributed by atoms with Crippen LogP contribution in [0.1, 0.15) is 17.3 Å². The molecule has 2 aromatic carbocycles. The molecule has 0 aliphatic heterocycles. The first-order valence-electron chi connectivity index (χ1n) is 8.06. The fourth-order valence-corrected chi connectivity index (χ4v) is 3.15. The minimum atomic E-state index is -3.85. The van der Waals surface area contributed by atoms with Gasteiger partial charge in [0.2, 0.25) is 15.9 Å². The summed E-state index contributed by atoms with van der Waals surface area (Å²) in [6.07, 6.45) is 0. The Balaban J connectivity index is 1.97. The molecule has 8 nitrogen and oxygen atoms in total. The monoisotopic (exact) mass is 392 g/mol. The van der Waals surface area contributed by atoms with Crippen molar-refractivity contribution >= 4 is 27.6 Å². The van der Waals surface area contributed by atoms with Crippen molar-refractivity contribution in [3.05, 3.63) is 54.1 Å². The third-order valence-corrected chi connectivity index (χ3v) is 4.85. The zero-order chi connectivity index (χ0) is 19.9. The molecule has 9 heteroatoms. The van der Waals surface area contributed by atoms with Gasteiger partial charge in [-0.15, -0.1) is 0 Å². The molecule has 0 spiro atoms. The number of carbonyl (C=O) groups is 2. The van der Waals surface area contributed by atoms with Crippen LogP contribution in [-0.2, 0) is 19.6 Å². The van der Waals surface area contributed by atoms with Gasteiger partial charge in [0.15, 0.2) is 0 Å². The maximum Gasteiger partial charge on any atom is 0.337 e. The Morgan fingerprint density at radius 2 is 1.78 bits per heavy atom. The topological polar surface area (TPSA) is 111 Å². The highest BCUT2D eigenvalue weighted by Crippen LogP contribution is 2.16. The van der Waals surface area contributed by atoms with Crippen LogP contribution in [0.15, 0.2) is 53.4 Å². The summed E-state index contributed by atoms with van der Waals surface area (Å²) in [4.78, 5) is 23.5. The molecule has 27 heavy (non-hydrogen) atoms. The van der Waals surface area contributed by atoms with Gasteiger partial charge in [-0.05, 0) is 49.4 Å². The highest BCUT2D eigenvalue weighted by Gasteiger charge is 2.16. The SMILES string of the molecule is CCOc1ccc(S(=O)(=O)NCC(=O)Nc2cccc(C(=O)OC)c2)cc1. The molecule has 2 N–H and O–H groups in total. The summed E-state index contributed by atoms with van der Waals surface area (Å²) in [7, 11) is -2.59. The van der Waals surface area contributed by atoms with Crippen molar-refractivity contribution in [3.8, 4) is 5.75 Å². The first-order valence-corrected chi connectivity index (χ1v) is 9.55. The Morgan fingerprint density at radius 3 is 2.41 bits per heavy atom. The van der Waals surface area contributed by atoms with Crippen molar-refractivity contribution in [1.82, 2.24) is 4.72 Å². The number of benzene rings is 2. The molecule has 1 amide bonds. The lowest BCUT2D eigenvalue weighted by Gasteiger charge is -2.09. The summed E-state index contributed by atoms with van der Waals surface area (Å²) in [5.74, 6) is -0.562. The number of ether oxygens (including phenoxy) is 2. The van der Waals surface area contributed by atoms with Crippen molar-refractivity contribution in [1.29, 1.82) is 0 Å². The summed E-state index contributed by atoms with van der Waals surface area (Å²) in [6.45, 7) is 1.84. The van der Waals surface area contributed by atoms with Gasteiger partial charge < -0.3 is 14.8 Å². The molecule has 2 aromatic rings. The number of anilines is 1. The van der Waals surface area contributed by atoms with Gasteiger partial charge in [-0.2, -0.15) is 0 Å². The number of carbonyl (C=O) groups excluding carboxylic acids is 2. The molecule has 0 radical (unpaired) electrons. The lowest BCUT2D eigenvalue weighted by atomic mass is 10.2. The molecular weight excluding hydrogens is 372 g/mol. The Morgan fingerprint density at radius 1 is 1.07 bits per heavy atom. The van der Waals surface area contributed by atoms with Gasteiger partial charge >= 0.3 is 5.97 Å². The van der Waals surface area contributed by atoms with Crippen LogP contribution in [0.5, 0.6) is 5.75 Å². The van der Waals surface area contributed by atoms with Crippen LogP contribution in [-0.4, -0.2) is 40.6 Å². The van der Waals surface area contributed by atoms with E-state index < -0.39 is 28.4 Å². The lowest BCUT2D eigenvalue weighted by Crippen LogP contribution is -2.32. The quantitative estimate of drug-likeness (QED) is 0.663. The van der Waals surface area contributed by atoms with Crippen molar-refractivity contribution < 1.29 is 27.5 Å². The van der Waals surface area contributed by atoms with Gasteiger partial charge in [-0.25, -0.2) is 17.9 Å². The summed E-state index contributed by atoms with van der Waals surface area (Å²) < 4.78 is 36.6. The number of esters is 1. The largest absolute Gasteiger partial charge is 0.494 e. The summed E-state index contributed by atoms with van der Waals surface area (Å²) in [5, 5.41) is 2.52. The van der Waals surface area contributed by atoms with E-state index in [-0.39, 0.29) is 10.5 Å². The van der Waals surface area contributed by atoms with Crippen molar-refractivity contribution in [3.63, 3.8) is 0 Å². The molecule has 0 aliphatic carbocycles. The molecule has 2 rings (SSSR count). The Bertz CT molecular complexity index is 910. The molecule has 144 valence electrons. The zero-order valence-corrected chi connectivity index (χ0v) is 15.7. The van der Waals surface area contributed by atoms with Gasteiger partial charge in [0.25, 0.3) is 0 Å². The van der Waals surface area contributed by atoms with Gasteiger partial charge in [0.1, 0.15) is 5.75 Å². The second-order valence-corrected chi connectivity index (χ2v) is 7.12. The number of amides is 1. The smallest absolute Gasteiger partial charge is 0.337 e. The van der Waals surface area contributed by atoms with Crippen LogP contribution >= 0.6 is 0 Å². The second kappa shape index (κ2) is 9.15. The predicted octanol–water partition coefficient (Wildman–Crippen LogP) is 1.79. The van der Waals surface area contributed by atoms with Crippen LogP contribution in [0.2, 0.25) is 0 Å². The van der Waals surface area contributed by atoms with E-state index in [0.29, 0.717) is 18.0 Å². The highest BCUT2D eigenvalue weighted by molar-refractivity contribution is 7.89. The number of sulfonamides is 1. The third kappa shape index (κ3) is 5.80. The van der Waals surface area contributed by atoms with E-state index in [9.17, 15) is 18.0 Å². The van der Waals surface area contributed by atoms with E-state index >= 15 is 0 Å². The molecule has 0 saturated carbocycles. The first kappa shape index (κ1) is 20.4. The molecule has 0 atom stereocenters. The van der Waals surface area contributed by atoms with Crippen LogP contribution in [0, 0.1) is 0 Å². The predicted molar refractivity (Wildman–Crippen MR) is 99.2 cm³/mol. The highest BCUT2D eigenvalue weighted by atomic mass is 32.2. The standard InChI is InChI=1S/C18H20N2O6S/c1-3-26-15-7-9-16(10-8-15)27(23,24)19-12-17(21)20-14-6-4-5-13(11-14)18(22)25-2/h4-11,19H,3,12H2,1-2H3,(H,20,21). The number of rotatable bonds is 8. The van der Waals surface area contributed by atoms with Gasteiger partial charge in [-0.3, -0.25) is 4.79 Å². The molecule has 0 bridgehead atoms. The molecule has 0 heterocycles. The summed E-state index contributed by atoms with van der Waals surface area (Å²) in [5.41, 5.74) is 0.619. The average molecular weight is 392 g/mol. The minimum Gasteiger partial charge on any atom is -0.494 e. The van der Waals surface area contributed by atoms with Crippen LogP contribution in [0.3, 0.4) is 0 Å².